The zero-order valence-electron chi connectivity index (χ0n) is 21.2. The molecule has 0 aliphatic heterocycles. The number of aliphatic carboxylic acids is 1. The molecule has 0 aliphatic rings. The molecule has 0 spiro atoms. The van der Waals surface area contributed by atoms with E-state index < -0.39 is 24.0 Å². The standard InChI is InChI=1S/C28H32FN3O4/c1-16(2)8-24(32-7-6-17(3)9-25(32)33)28(36)31-23(13-26(34)35)20-12-21(15-30-14-20)27-18(4)10-22(29)11-19(27)5/h6-7,9-12,14-16,23-24H,8,13H2,1-5H3,(H,31,36)(H,34,35). The van der Waals surface area contributed by atoms with Crippen molar-refractivity contribution in [1.82, 2.24) is 14.9 Å². The Bertz CT molecular complexity index is 1310. The molecule has 0 aliphatic carbocycles. The minimum atomic E-state index is -1.09. The number of pyridine rings is 2. The monoisotopic (exact) mass is 493 g/mol. The van der Waals surface area contributed by atoms with Gasteiger partial charge in [0.15, 0.2) is 0 Å². The van der Waals surface area contributed by atoms with Crippen LogP contribution in [0.1, 0.15) is 61.0 Å². The van der Waals surface area contributed by atoms with Crippen LogP contribution in [0.25, 0.3) is 11.1 Å². The fourth-order valence-electron chi connectivity index (χ4n) is 4.49. The van der Waals surface area contributed by atoms with Crippen LogP contribution in [0.5, 0.6) is 0 Å². The summed E-state index contributed by atoms with van der Waals surface area (Å²) in [5.41, 5.74) is 3.94. The lowest BCUT2D eigenvalue weighted by molar-refractivity contribution is -0.138. The topological polar surface area (TPSA) is 101 Å². The third-order valence-electron chi connectivity index (χ3n) is 6.08. The van der Waals surface area contributed by atoms with Crippen LogP contribution >= 0.6 is 0 Å². The summed E-state index contributed by atoms with van der Waals surface area (Å²) in [6.45, 7) is 9.30. The number of hydrogen-bond acceptors (Lipinski definition) is 4. The number of carbonyl (C=O) groups excluding carboxylic acids is 1. The van der Waals surface area contributed by atoms with Gasteiger partial charge >= 0.3 is 5.97 Å². The molecule has 2 heterocycles. The van der Waals surface area contributed by atoms with Crippen LogP contribution in [0.3, 0.4) is 0 Å². The molecule has 8 heteroatoms. The molecule has 1 aromatic carbocycles. The van der Waals surface area contributed by atoms with Crippen LogP contribution in [0.4, 0.5) is 4.39 Å². The number of benzene rings is 1. The van der Waals surface area contributed by atoms with Gasteiger partial charge in [0, 0.05) is 30.2 Å². The van der Waals surface area contributed by atoms with Crippen molar-refractivity contribution in [2.75, 3.05) is 0 Å². The smallest absolute Gasteiger partial charge is 0.305 e. The summed E-state index contributed by atoms with van der Waals surface area (Å²) in [4.78, 5) is 42.1. The summed E-state index contributed by atoms with van der Waals surface area (Å²) < 4.78 is 15.2. The van der Waals surface area contributed by atoms with E-state index in [-0.39, 0.29) is 23.7 Å². The SMILES string of the molecule is Cc1ccn(C(CC(C)C)C(=O)NC(CC(=O)O)c2cncc(-c3c(C)cc(F)cc3C)c2)c(=O)c1. The summed E-state index contributed by atoms with van der Waals surface area (Å²) in [6, 6.07) is 6.19. The molecular weight excluding hydrogens is 461 g/mol. The number of halogens is 1. The minimum absolute atomic E-state index is 0.112. The van der Waals surface area contributed by atoms with E-state index in [9.17, 15) is 23.9 Å². The first-order chi connectivity index (χ1) is 17.0. The number of nitrogens with one attached hydrogen (secondary N) is 1. The van der Waals surface area contributed by atoms with Crippen molar-refractivity contribution in [1.29, 1.82) is 0 Å². The van der Waals surface area contributed by atoms with E-state index in [1.54, 1.807) is 45.3 Å². The summed E-state index contributed by atoms with van der Waals surface area (Å²) in [7, 11) is 0. The second kappa shape index (κ2) is 11.3. The molecular formula is C28H32FN3O4. The summed E-state index contributed by atoms with van der Waals surface area (Å²) in [6.07, 6.45) is 4.78. The van der Waals surface area contributed by atoms with E-state index in [0.717, 1.165) is 22.3 Å². The van der Waals surface area contributed by atoms with Crippen LogP contribution < -0.4 is 10.9 Å². The number of rotatable bonds is 9. The van der Waals surface area contributed by atoms with Gasteiger partial charge in [-0.15, -0.1) is 0 Å². The van der Waals surface area contributed by atoms with Gasteiger partial charge < -0.3 is 15.0 Å². The molecule has 0 saturated carbocycles. The maximum absolute atomic E-state index is 13.8. The van der Waals surface area contributed by atoms with Crippen molar-refractivity contribution in [3.63, 3.8) is 0 Å². The second-order valence-corrected chi connectivity index (χ2v) is 9.68. The molecule has 2 unspecified atom stereocenters. The number of nitrogens with zero attached hydrogens (tertiary/aromatic N) is 2. The zero-order chi connectivity index (χ0) is 26.6. The quantitative estimate of drug-likeness (QED) is 0.442. The molecule has 1 amide bonds. The Labute approximate surface area is 210 Å². The average Bonchev–Trinajstić information content (AvgIpc) is 2.76. The highest BCUT2D eigenvalue weighted by Crippen LogP contribution is 2.30. The number of aromatic nitrogens is 2. The maximum atomic E-state index is 13.8. The first kappa shape index (κ1) is 26.8. The molecule has 0 radical (unpaired) electrons. The van der Waals surface area contributed by atoms with Crippen molar-refractivity contribution in [3.8, 4) is 11.1 Å². The van der Waals surface area contributed by atoms with Crippen LogP contribution in [0.15, 0.2) is 53.7 Å². The molecule has 2 atom stereocenters. The normalized spacial score (nSPS) is 12.9. The highest BCUT2D eigenvalue weighted by atomic mass is 19.1. The summed E-state index contributed by atoms with van der Waals surface area (Å²) in [5, 5.41) is 12.4. The third-order valence-corrected chi connectivity index (χ3v) is 6.08. The molecule has 0 bridgehead atoms. The lowest BCUT2D eigenvalue weighted by Crippen LogP contribution is -2.40. The maximum Gasteiger partial charge on any atom is 0.305 e. The number of aryl methyl sites for hydroxylation is 3. The van der Waals surface area contributed by atoms with E-state index >= 15 is 0 Å². The van der Waals surface area contributed by atoms with Gasteiger partial charge in [0.2, 0.25) is 5.91 Å². The van der Waals surface area contributed by atoms with Gasteiger partial charge in [0.05, 0.1) is 12.5 Å². The Morgan fingerprint density at radius 1 is 1.08 bits per heavy atom. The molecule has 3 aromatic rings. The predicted octanol–water partition coefficient (Wildman–Crippen LogP) is 4.89. The Morgan fingerprint density at radius 2 is 1.75 bits per heavy atom. The highest BCUT2D eigenvalue weighted by Gasteiger charge is 2.27. The number of carboxylic acid groups (broad SMARTS) is 1. The van der Waals surface area contributed by atoms with Gasteiger partial charge in [0.25, 0.3) is 5.56 Å². The summed E-state index contributed by atoms with van der Waals surface area (Å²) in [5.74, 6) is -1.76. The predicted molar refractivity (Wildman–Crippen MR) is 136 cm³/mol. The van der Waals surface area contributed by atoms with Crippen molar-refractivity contribution in [3.05, 3.63) is 87.3 Å². The first-order valence-corrected chi connectivity index (χ1v) is 11.9. The fraction of sp³-hybridized carbons (Fsp3) is 0.357. The Hall–Kier alpha value is -3.81. The lowest BCUT2D eigenvalue weighted by Gasteiger charge is -2.25. The van der Waals surface area contributed by atoms with Gasteiger partial charge in [-0.1, -0.05) is 13.8 Å². The third kappa shape index (κ3) is 6.44. The minimum Gasteiger partial charge on any atom is -0.481 e. The molecule has 36 heavy (non-hydrogen) atoms. The molecule has 0 saturated heterocycles. The second-order valence-electron chi connectivity index (χ2n) is 9.68. The van der Waals surface area contributed by atoms with Gasteiger partial charge in [-0.05, 0) is 85.2 Å². The largest absolute Gasteiger partial charge is 0.481 e. The number of carboxylic acids is 1. The number of hydrogen-bond donors (Lipinski definition) is 2. The molecule has 2 N–H and O–H groups in total. The van der Waals surface area contributed by atoms with E-state index in [1.165, 1.54) is 29.0 Å². The summed E-state index contributed by atoms with van der Waals surface area (Å²) >= 11 is 0. The van der Waals surface area contributed by atoms with E-state index in [0.29, 0.717) is 17.5 Å². The Balaban J connectivity index is 1.99. The molecule has 7 nitrogen and oxygen atoms in total. The van der Waals surface area contributed by atoms with Crippen molar-refractivity contribution >= 4 is 11.9 Å². The van der Waals surface area contributed by atoms with E-state index in [2.05, 4.69) is 10.3 Å². The van der Waals surface area contributed by atoms with E-state index in [1.807, 2.05) is 13.8 Å². The average molecular weight is 494 g/mol. The van der Waals surface area contributed by atoms with Crippen molar-refractivity contribution in [2.24, 2.45) is 5.92 Å². The van der Waals surface area contributed by atoms with Gasteiger partial charge in [-0.2, -0.15) is 0 Å². The van der Waals surface area contributed by atoms with Crippen LogP contribution in [0, 0.1) is 32.5 Å². The first-order valence-electron chi connectivity index (χ1n) is 11.9. The molecule has 2 aromatic heterocycles. The highest BCUT2D eigenvalue weighted by molar-refractivity contribution is 5.82. The van der Waals surface area contributed by atoms with Crippen LogP contribution in [0.2, 0.25) is 0 Å². The molecule has 190 valence electrons. The van der Waals surface area contributed by atoms with Gasteiger partial charge in [0.1, 0.15) is 11.9 Å². The molecule has 3 rings (SSSR count). The van der Waals surface area contributed by atoms with Crippen LogP contribution in [-0.2, 0) is 9.59 Å². The fourth-order valence-corrected chi connectivity index (χ4v) is 4.49. The lowest BCUT2D eigenvalue weighted by atomic mass is 9.94. The number of carbonyl (C=O) groups is 2. The van der Waals surface area contributed by atoms with Crippen molar-refractivity contribution in [2.45, 2.75) is 59.5 Å². The zero-order valence-corrected chi connectivity index (χ0v) is 21.2. The van der Waals surface area contributed by atoms with E-state index in [4.69, 9.17) is 0 Å². The molecule has 0 fully saturated rings. The van der Waals surface area contributed by atoms with Gasteiger partial charge in [-0.25, -0.2) is 4.39 Å². The van der Waals surface area contributed by atoms with Crippen LogP contribution in [-0.4, -0.2) is 26.5 Å². The number of amides is 1. The Kier molecular flexibility index (Phi) is 8.40. The van der Waals surface area contributed by atoms with Crippen molar-refractivity contribution < 1.29 is 19.1 Å². The van der Waals surface area contributed by atoms with Gasteiger partial charge in [-0.3, -0.25) is 19.4 Å². The Morgan fingerprint density at radius 3 is 2.33 bits per heavy atom.